The van der Waals surface area contributed by atoms with Gasteiger partial charge in [-0.1, -0.05) is 6.92 Å². The predicted molar refractivity (Wildman–Crippen MR) is 63.0 cm³/mol. The largest absolute Gasteiger partial charge is 0.393 e. The zero-order valence-corrected chi connectivity index (χ0v) is 11.2. The molecule has 1 rings (SSSR count). The summed E-state index contributed by atoms with van der Waals surface area (Å²) in [6, 6.07) is 0. The molecule has 0 amide bonds. The van der Waals surface area contributed by atoms with Crippen molar-refractivity contribution in [3.63, 3.8) is 0 Å². The highest BCUT2D eigenvalue weighted by Gasteiger charge is 2.40. The Morgan fingerprint density at radius 2 is 1.81 bits per heavy atom. The van der Waals surface area contributed by atoms with E-state index in [9.17, 15) is 13.5 Å². The Balaban J connectivity index is 2.57. The Morgan fingerprint density at radius 1 is 1.25 bits per heavy atom. The fourth-order valence-electron chi connectivity index (χ4n) is 2.48. The molecule has 5 atom stereocenters. The predicted octanol–water partition coefficient (Wildman–Crippen LogP) is 0.841. The van der Waals surface area contributed by atoms with E-state index >= 15 is 0 Å². The Labute approximate surface area is 97.9 Å². The highest BCUT2D eigenvalue weighted by molar-refractivity contribution is 7.90. The van der Waals surface area contributed by atoms with Crippen LogP contribution < -0.4 is 0 Å². The SMILES string of the molecule is CC1OC(C)C(C(O)CCS(C)(=O)=O)C1C. The number of sulfone groups is 1. The van der Waals surface area contributed by atoms with E-state index in [0.29, 0.717) is 6.42 Å². The molecular formula is C11H22O4S. The van der Waals surface area contributed by atoms with E-state index in [2.05, 4.69) is 0 Å². The molecule has 16 heavy (non-hydrogen) atoms. The number of hydrogen-bond donors (Lipinski definition) is 1. The minimum Gasteiger partial charge on any atom is -0.393 e. The summed E-state index contributed by atoms with van der Waals surface area (Å²) >= 11 is 0. The molecule has 1 aliphatic heterocycles. The lowest BCUT2D eigenvalue weighted by molar-refractivity contribution is 0.0229. The molecule has 96 valence electrons. The minimum atomic E-state index is -3.00. The van der Waals surface area contributed by atoms with Crippen molar-refractivity contribution in [1.29, 1.82) is 0 Å². The van der Waals surface area contributed by atoms with Crippen LogP contribution in [0.15, 0.2) is 0 Å². The highest BCUT2D eigenvalue weighted by atomic mass is 32.2. The molecule has 4 nitrogen and oxygen atoms in total. The van der Waals surface area contributed by atoms with Gasteiger partial charge in [0.05, 0.1) is 24.1 Å². The quantitative estimate of drug-likeness (QED) is 0.803. The second kappa shape index (κ2) is 5.02. The average Bonchev–Trinajstić information content (AvgIpc) is 2.36. The summed E-state index contributed by atoms with van der Waals surface area (Å²) in [5.41, 5.74) is 0. The Morgan fingerprint density at radius 3 is 2.19 bits per heavy atom. The number of hydrogen-bond acceptors (Lipinski definition) is 4. The van der Waals surface area contributed by atoms with Crippen LogP contribution >= 0.6 is 0 Å². The van der Waals surface area contributed by atoms with Gasteiger partial charge in [-0.05, 0) is 26.2 Å². The summed E-state index contributed by atoms with van der Waals surface area (Å²) < 4.78 is 27.7. The van der Waals surface area contributed by atoms with Gasteiger partial charge >= 0.3 is 0 Å². The van der Waals surface area contributed by atoms with Crippen molar-refractivity contribution in [1.82, 2.24) is 0 Å². The van der Waals surface area contributed by atoms with E-state index in [0.717, 1.165) is 0 Å². The van der Waals surface area contributed by atoms with Crippen LogP contribution in [0.5, 0.6) is 0 Å². The van der Waals surface area contributed by atoms with Gasteiger partial charge in [0.15, 0.2) is 0 Å². The van der Waals surface area contributed by atoms with Crippen LogP contribution in [0.4, 0.5) is 0 Å². The van der Waals surface area contributed by atoms with E-state index in [1.54, 1.807) is 0 Å². The second-order valence-electron chi connectivity index (χ2n) is 4.97. The van der Waals surface area contributed by atoms with E-state index in [4.69, 9.17) is 4.74 Å². The lowest BCUT2D eigenvalue weighted by Crippen LogP contribution is -2.32. The van der Waals surface area contributed by atoms with Gasteiger partial charge in [0.25, 0.3) is 0 Å². The van der Waals surface area contributed by atoms with Gasteiger partial charge < -0.3 is 9.84 Å². The first-order valence-electron chi connectivity index (χ1n) is 5.73. The number of aliphatic hydroxyl groups excluding tert-OH is 1. The van der Waals surface area contributed by atoms with Crippen molar-refractivity contribution in [3.05, 3.63) is 0 Å². The van der Waals surface area contributed by atoms with Crippen molar-refractivity contribution >= 4 is 9.84 Å². The highest BCUT2D eigenvalue weighted by Crippen LogP contribution is 2.35. The van der Waals surface area contributed by atoms with Crippen LogP contribution in [-0.4, -0.2) is 43.8 Å². The van der Waals surface area contributed by atoms with E-state index in [1.165, 1.54) is 6.26 Å². The molecule has 0 bridgehead atoms. The standard InChI is InChI=1S/C11H22O4S/c1-7-8(2)15-9(3)11(7)10(12)5-6-16(4,13)14/h7-12H,5-6H2,1-4H3. The van der Waals surface area contributed by atoms with Crippen LogP contribution in [0.25, 0.3) is 0 Å². The third-order valence-electron chi connectivity index (χ3n) is 3.55. The maximum atomic E-state index is 11.0. The molecule has 1 saturated heterocycles. The molecule has 0 aliphatic carbocycles. The molecule has 0 aromatic heterocycles. The van der Waals surface area contributed by atoms with E-state index < -0.39 is 15.9 Å². The maximum absolute atomic E-state index is 11.0. The summed E-state index contributed by atoms with van der Waals surface area (Å²) in [5, 5.41) is 10.0. The molecule has 0 spiro atoms. The molecule has 1 aliphatic rings. The molecule has 0 saturated carbocycles. The average molecular weight is 250 g/mol. The van der Waals surface area contributed by atoms with Gasteiger partial charge in [-0.25, -0.2) is 8.42 Å². The van der Waals surface area contributed by atoms with Gasteiger partial charge in [-0.3, -0.25) is 0 Å². The lowest BCUT2D eigenvalue weighted by Gasteiger charge is -2.24. The van der Waals surface area contributed by atoms with E-state index in [1.807, 2.05) is 20.8 Å². The molecule has 5 heteroatoms. The summed E-state index contributed by atoms with van der Waals surface area (Å²) in [6.07, 6.45) is 1.03. The van der Waals surface area contributed by atoms with Crippen molar-refractivity contribution in [2.45, 2.75) is 45.5 Å². The fourth-order valence-corrected chi connectivity index (χ4v) is 3.15. The third kappa shape index (κ3) is 3.43. The first-order valence-corrected chi connectivity index (χ1v) is 7.79. The van der Waals surface area contributed by atoms with Crippen LogP contribution in [0.2, 0.25) is 0 Å². The topological polar surface area (TPSA) is 63.6 Å². The normalized spacial score (nSPS) is 37.6. The van der Waals surface area contributed by atoms with Crippen molar-refractivity contribution in [3.8, 4) is 0 Å². The number of aliphatic hydroxyl groups is 1. The fraction of sp³-hybridized carbons (Fsp3) is 1.00. The minimum absolute atomic E-state index is 0.000407. The van der Waals surface area contributed by atoms with Crippen molar-refractivity contribution in [2.75, 3.05) is 12.0 Å². The monoisotopic (exact) mass is 250 g/mol. The second-order valence-corrected chi connectivity index (χ2v) is 7.23. The van der Waals surface area contributed by atoms with Crippen molar-refractivity contribution < 1.29 is 18.3 Å². The van der Waals surface area contributed by atoms with Gasteiger partial charge in [0.1, 0.15) is 9.84 Å². The van der Waals surface area contributed by atoms with Gasteiger partial charge in [-0.2, -0.15) is 0 Å². The summed E-state index contributed by atoms with van der Waals surface area (Å²) in [5.74, 6) is 0.347. The van der Waals surface area contributed by atoms with Crippen molar-refractivity contribution in [2.24, 2.45) is 11.8 Å². The summed E-state index contributed by atoms with van der Waals surface area (Å²) in [6.45, 7) is 5.97. The first kappa shape index (κ1) is 13.9. The lowest BCUT2D eigenvalue weighted by atomic mass is 9.84. The Hall–Kier alpha value is -0.130. The van der Waals surface area contributed by atoms with Crippen LogP contribution in [0.3, 0.4) is 0 Å². The molecule has 1 fully saturated rings. The molecule has 1 heterocycles. The summed E-state index contributed by atoms with van der Waals surface area (Å²) in [4.78, 5) is 0. The molecule has 0 aromatic carbocycles. The molecule has 0 radical (unpaired) electrons. The Kier molecular flexibility index (Phi) is 4.37. The first-order chi connectivity index (χ1) is 7.22. The van der Waals surface area contributed by atoms with Crippen LogP contribution in [0, 0.1) is 11.8 Å². The zero-order chi connectivity index (χ0) is 12.5. The zero-order valence-electron chi connectivity index (χ0n) is 10.4. The third-order valence-corrected chi connectivity index (χ3v) is 4.52. The Bertz CT molecular complexity index is 325. The van der Waals surface area contributed by atoms with E-state index in [-0.39, 0.29) is 29.8 Å². The van der Waals surface area contributed by atoms with Crippen LogP contribution in [0.1, 0.15) is 27.2 Å². The smallest absolute Gasteiger partial charge is 0.147 e. The number of rotatable bonds is 4. The molecule has 0 aromatic rings. The van der Waals surface area contributed by atoms with Gasteiger partial charge in [0.2, 0.25) is 0 Å². The van der Waals surface area contributed by atoms with Crippen LogP contribution in [-0.2, 0) is 14.6 Å². The molecule has 1 N–H and O–H groups in total. The number of ether oxygens (including phenoxy) is 1. The molecule has 5 unspecified atom stereocenters. The molecular weight excluding hydrogens is 228 g/mol. The summed E-state index contributed by atoms with van der Waals surface area (Å²) in [7, 11) is -3.00. The van der Waals surface area contributed by atoms with Gasteiger partial charge in [-0.15, -0.1) is 0 Å². The van der Waals surface area contributed by atoms with Gasteiger partial charge in [0, 0.05) is 12.2 Å². The maximum Gasteiger partial charge on any atom is 0.147 e.